The van der Waals surface area contributed by atoms with Gasteiger partial charge in [0.15, 0.2) is 17.4 Å². The number of esters is 1. The standard InChI is InChI=1S/C24H26F2O3/c1-13-11-17-18(24(4,5)10-9-23(17,2)3)12-16(13)21(27)14-7-8-15(22(28)29-6)20(26)19(14)25/h7-8,11-12H,9-10H2,1-6H3. The second kappa shape index (κ2) is 7.05. The van der Waals surface area contributed by atoms with Crippen LogP contribution in [0.1, 0.15) is 83.5 Å². The van der Waals surface area contributed by atoms with Crippen molar-refractivity contribution in [2.75, 3.05) is 7.11 Å². The van der Waals surface area contributed by atoms with Crippen molar-refractivity contribution in [2.45, 2.75) is 58.3 Å². The second-order valence-corrected chi connectivity index (χ2v) is 9.09. The van der Waals surface area contributed by atoms with Crippen molar-refractivity contribution in [2.24, 2.45) is 0 Å². The first-order valence-corrected chi connectivity index (χ1v) is 9.67. The molecule has 0 N–H and O–H groups in total. The van der Waals surface area contributed by atoms with Crippen LogP contribution < -0.4 is 0 Å². The maximum atomic E-state index is 14.6. The third-order valence-corrected chi connectivity index (χ3v) is 6.17. The number of ether oxygens (including phenoxy) is 1. The fraction of sp³-hybridized carbons (Fsp3) is 0.417. The molecule has 0 bridgehead atoms. The summed E-state index contributed by atoms with van der Waals surface area (Å²) in [6, 6.07) is 6.05. The van der Waals surface area contributed by atoms with E-state index in [1.54, 1.807) is 0 Å². The van der Waals surface area contributed by atoms with Gasteiger partial charge in [0, 0.05) is 5.56 Å². The fourth-order valence-electron chi connectivity index (χ4n) is 4.10. The van der Waals surface area contributed by atoms with Gasteiger partial charge in [-0.05, 0) is 65.5 Å². The highest BCUT2D eigenvalue weighted by atomic mass is 19.2. The van der Waals surface area contributed by atoms with E-state index in [9.17, 15) is 18.4 Å². The van der Waals surface area contributed by atoms with Gasteiger partial charge in [0.2, 0.25) is 0 Å². The molecule has 0 heterocycles. The zero-order chi connectivity index (χ0) is 21.7. The molecular formula is C24H26F2O3. The van der Waals surface area contributed by atoms with Gasteiger partial charge in [-0.1, -0.05) is 33.8 Å². The van der Waals surface area contributed by atoms with Gasteiger partial charge in [-0.2, -0.15) is 0 Å². The second-order valence-electron chi connectivity index (χ2n) is 9.09. The number of benzene rings is 2. The van der Waals surface area contributed by atoms with E-state index in [-0.39, 0.29) is 10.8 Å². The van der Waals surface area contributed by atoms with Gasteiger partial charge >= 0.3 is 5.97 Å². The Morgan fingerprint density at radius 1 is 0.862 bits per heavy atom. The highest BCUT2D eigenvalue weighted by Gasteiger charge is 2.38. The number of aryl methyl sites for hydroxylation is 1. The van der Waals surface area contributed by atoms with E-state index in [1.807, 2.05) is 19.1 Å². The zero-order valence-corrected chi connectivity index (χ0v) is 17.7. The van der Waals surface area contributed by atoms with Crippen molar-refractivity contribution < 1.29 is 23.1 Å². The minimum Gasteiger partial charge on any atom is -0.465 e. The molecule has 0 saturated heterocycles. The number of halogens is 2. The van der Waals surface area contributed by atoms with Crippen LogP contribution in [-0.2, 0) is 15.6 Å². The van der Waals surface area contributed by atoms with Gasteiger partial charge in [-0.15, -0.1) is 0 Å². The van der Waals surface area contributed by atoms with E-state index in [1.165, 1.54) is 5.56 Å². The fourth-order valence-corrected chi connectivity index (χ4v) is 4.10. The van der Waals surface area contributed by atoms with Crippen molar-refractivity contribution in [3.8, 4) is 0 Å². The van der Waals surface area contributed by atoms with Gasteiger partial charge in [0.1, 0.15) is 0 Å². The lowest BCUT2D eigenvalue weighted by atomic mass is 9.62. The number of hydrogen-bond acceptors (Lipinski definition) is 3. The van der Waals surface area contributed by atoms with E-state index in [4.69, 9.17) is 0 Å². The van der Waals surface area contributed by atoms with Gasteiger partial charge in [-0.25, -0.2) is 13.6 Å². The van der Waals surface area contributed by atoms with Crippen molar-refractivity contribution in [3.05, 3.63) is 69.3 Å². The largest absolute Gasteiger partial charge is 0.465 e. The Morgan fingerprint density at radius 3 is 1.90 bits per heavy atom. The molecule has 0 radical (unpaired) electrons. The number of hydrogen-bond donors (Lipinski definition) is 0. The number of carbonyl (C=O) groups excluding carboxylic acids is 2. The molecule has 2 aromatic rings. The molecule has 0 spiro atoms. The monoisotopic (exact) mass is 400 g/mol. The minimum absolute atomic E-state index is 0.0172. The van der Waals surface area contributed by atoms with E-state index in [0.717, 1.165) is 43.2 Å². The summed E-state index contributed by atoms with van der Waals surface area (Å²) in [7, 11) is 1.08. The molecule has 1 aliphatic carbocycles. The van der Waals surface area contributed by atoms with Crippen molar-refractivity contribution in [1.82, 2.24) is 0 Å². The summed E-state index contributed by atoms with van der Waals surface area (Å²) in [6.45, 7) is 10.4. The predicted molar refractivity (Wildman–Crippen MR) is 108 cm³/mol. The molecule has 3 rings (SSSR count). The lowest BCUT2D eigenvalue weighted by Gasteiger charge is -2.42. The molecular weight excluding hydrogens is 374 g/mol. The highest BCUT2D eigenvalue weighted by molar-refractivity contribution is 6.10. The van der Waals surface area contributed by atoms with Gasteiger partial charge < -0.3 is 4.74 Å². The normalized spacial score (nSPS) is 16.8. The Hall–Kier alpha value is -2.56. The minimum atomic E-state index is -1.38. The number of ketones is 1. The molecule has 3 nitrogen and oxygen atoms in total. The summed E-state index contributed by atoms with van der Waals surface area (Å²) in [5, 5.41) is 0. The summed E-state index contributed by atoms with van der Waals surface area (Å²) >= 11 is 0. The first kappa shape index (κ1) is 21.2. The lowest BCUT2D eigenvalue weighted by molar-refractivity contribution is 0.0593. The molecule has 0 unspecified atom stereocenters. The summed E-state index contributed by atoms with van der Waals surface area (Å²) in [5.74, 6) is -4.30. The van der Waals surface area contributed by atoms with Gasteiger partial charge in [-0.3, -0.25) is 4.79 Å². The maximum Gasteiger partial charge on any atom is 0.340 e. The molecule has 0 saturated carbocycles. The third kappa shape index (κ3) is 3.47. The molecule has 0 fully saturated rings. The zero-order valence-electron chi connectivity index (χ0n) is 17.7. The van der Waals surface area contributed by atoms with Crippen LogP contribution in [0.2, 0.25) is 0 Å². The van der Waals surface area contributed by atoms with E-state index >= 15 is 0 Å². The smallest absolute Gasteiger partial charge is 0.340 e. The van der Waals surface area contributed by atoms with Crippen LogP contribution in [-0.4, -0.2) is 18.9 Å². The van der Waals surface area contributed by atoms with E-state index in [2.05, 4.69) is 32.4 Å². The molecule has 0 amide bonds. The van der Waals surface area contributed by atoms with Crippen LogP contribution in [0.15, 0.2) is 24.3 Å². The van der Waals surface area contributed by atoms with Crippen LogP contribution >= 0.6 is 0 Å². The number of methoxy groups -OCH3 is 1. The Bertz CT molecular complexity index is 1020. The average Bonchev–Trinajstić information content (AvgIpc) is 2.66. The Labute approximate surface area is 170 Å². The molecule has 5 heteroatoms. The molecule has 0 atom stereocenters. The summed E-state index contributed by atoms with van der Waals surface area (Å²) in [6.07, 6.45) is 2.01. The Morgan fingerprint density at radius 2 is 1.34 bits per heavy atom. The summed E-state index contributed by atoms with van der Waals surface area (Å²) < 4.78 is 33.4. The molecule has 2 aromatic carbocycles. The maximum absolute atomic E-state index is 14.6. The van der Waals surface area contributed by atoms with E-state index in [0.29, 0.717) is 5.56 Å². The average molecular weight is 400 g/mol. The van der Waals surface area contributed by atoms with Crippen molar-refractivity contribution >= 4 is 11.8 Å². The first-order chi connectivity index (χ1) is 13.4. The molecule has 0 aromatic heterocycles. The van der Waals surface area contributed by atoms with Crippen LogP contribution in [0.25, 0.3) is 0 Å². The van der Waals surface area contributed by atoms with Gasteiger partial charge in [0.05, 0.1) is 18.2 Å². The molecule has 1 aliphatic rings. The highest BCUT2D eigenvalue weighted by Crippen LogP contribution is 2.46. The Kier molecular flexibility index (Phi) is 5.14. The quantitative estimate of drug-likeness (QED) is 0.495. The van der Waals surface area contributed by atoms with E-state index < -0.39 is 34.5 Å². The van der Waals surface area contributed by atoms with Crippen molar-refractivity contribution in [1.29, 1.82) is 0 Å². The summed E-state index contributed by atoms with van der Waals surface area (Å²) in [4.78, 5) is 24.7. The van der Waals surface area contributed by atoms with Crippen LogP contribution in [0.4, 0.5) is 8.78 Å². The lowest BCUT2D eigenvalue weighted by Crippen LogP contribution is -2.34. The van der Waals surface area contributed by atoms with Crippen LogP contribution in [0.5, 0.6) is 0 Å². The number of rotatable bonds is 3. The predicted octanol–water partition coefficient (Wildman–Crippen LogP) is 5.64. The third-order valence-electron chi connectivity index (χ3n) is 6.17. The SMILES string of the molecule is COC(=O)c1ccc(C(=O)c2cc3c(cc2C)C(C)(C)CCC3(C)C)c(F)c1F. The van der Waals surface area contributed by atoms with Crippen LogP contribution in [0.3, 0.4) is 0 Å². The number of carbonyl (C=O) groups is 2. The first-order valence-electron chi connectivity index (χ1n) is 9.67. The Balaban J connectivity index is 2.14. The topological polar surface area (TPSA) is 43.4 Å². The van der Waals surface area contributed by atoms with Gasteiger partial charge in [0.25, 0.3) is 0 Å². The number of fused-ring (bicyclic) bond motifs is 1. The molecule has 154 valence electrons. The molecule has 0 aliphatic heterocycles. The van der Waals surface area contributed by atoms with Crippen molar-refractivity contribution in [3.63, 3.8) is 0 Å². The molecule has 29 heavy (non-hydrogen) atoms. The van der Waals surface area contributed by atoms with Crippen LogP contribution in [0, 0.1) is 18.6 Å². The summed E-state index contributed by atoms with van der Waals surface area (Å²) in [5.41, 5.74) is 2.25.